The highest BCUT2D eigenvalue weighted by atomic mass is 15.0. The lowest BCUT2D eigenvalue weighted by Crippen LogP contribution is -2.01. The number of aromatic nitrogens is 4. The molecule has 0 aliphatic heterocycles. The molecule has 0 N–H and O–H groups in total. The molecule has 9 aromatic rings. The summed E-state index contributed by atoms with van der Waals surface area (Å²) in [5.41, 5.74) is 12.0. The van der Waals surface area contributed by atoms with Crippen molar-refractivity contribution in [2.24, 2.45) is 0 Å². The quantitative estimate of drug-likeness (QED) is 0.166. The van der Waals surface area contributed by atoms with Gasteiger partial charge in [0.15, 0.2) is 23.2 Å². The Bertz CT molecular complexity index is 2740. The van der Waals surface area contributed by atoms with E-state index in [4.69, 9.17) is 21.5 Å². The van der Waals surface area contributed by atoms with Gasteiger partial charge in [-0.2, -0.15) is 0 Å². The highest BCUT2D eigenvalue weighted by molar-refractivity contribution is 6.12. The van der Waals surface area contributed by atoms with Crippen LogP contribution in [0.4, 0.5) is 5.69 Å². The predicted molar refractivity (Wildman–Crippen MR) is 212 cm³/mol. The maximum atomic E-state index is 7.91. The zero-order valence-electron chi connectivity index (χ0n) is 28.4. The summed E-state index contributed by atoms with van der Waals surface area (Å²) >= 11 is 0. The van der Waals surface area contributed by atoms with E-state index in [2.05, 4.69) is 101 Å². The summed E-state index contributed by atoms with van der Waals surface area (Å²) in [5, 5.41) is 2.28. The Morgan fingerprint density at radius 2 is 0.962 bits per heavy atom. The van der Waals surface area contributed by atoms with Gasteiger partial charge in [-0.25, -0.2) is 19.8 Å². The van der Waals surface area contributed by atoms with Crippen LogP contribution in [0.1, 0.15) is 5.56 Å². The van der Waals surface area contributed by atoms with Gasteiger partial charge in [-0.3, -0.25) is 0 Å². The summed E-state index contributed by atoms with van der Waals surface area (Å²) in [4.78, 5) is 18.8. The molecule has 0 saturated heterocycles. The van der Waals surface area contributed by atoms with Crippen LogP contribution in [-0.2, 0) is 0 Å². The maximum absolute atomic E-state index is 7.91. The Hall–Kier alpha value is -7.16. The zero-order chi connectivity index (χ0) is 35.0. The lowest BCUT2D eigenvalue weighted by Gasteiger charge is -2.14. The number of fused-ring (bicyclic) bond motifs is 3. The number of nitrogens with zero attached hydrogens (tertiary/aromatic N) is 5. The number of hydrogen-bond acceptors (Lipinski definition) is 3. The number of benzene rings is 7. The van der Waals surface area contributed by atoms with Crippen molar-refractivity contribution in [1.29, 1.82) is 0 Å². The number of hydrogen-bond donors (Lipinski definition) is 0. The van der Waals surface area contributed by atoms with Gasteiger partial charge in [-0.1, -0.05) is 133 Å². The predicted octanol–water partition coefficient (Wildman–Crippen LogP) is 12.2. The molecule has 244 valence electrons. The SMILES string of the molecule is [C-]#[N+]c1ccc(-c2nc(-c3ccccc3)nc(-c3ccccc3)n2)c(-c2ccc3c(c2)c2cc(-c4ccccc4)ccc2n3-c2ccccc2C)c1. The highest BCUT2D eigenvalue weighted by Gasteiger charge is 2.19. The van der Waals surface area contributed by atoms with Gasteiger partial charge in [0.2, 0.25) is 0 Å². The number of aryl methyl sites for hydroxylation is 1. The van der Waals surface area contributed by atoms with Gasteiger partial charge >= 0.3 is 0 Å². The second-order valence-electron chi connectivity index (χ2n) is 12.8. The number of rotatable bonds is 6. The van der Waals surface area contributed by atoms with Crippen LogP contribution in [0.25, 0.3) is 88.8 Å². The van der Waals surface area contributed by atoms with Gasteiger partial charge < -0.3 is 4.57 Å². The summed E-state index contributed by atoms with van der Waals surface area (Å²) in [6.07, 6.45) is 0. The second-order valence-corrected chi connectivity index (χ2v) is 12.8. The Morgan fingerprint density at radius 3 is 1.56 bits per heavy atom. The van der Waals surface area contributed by atoms with Crippen LogP contribution >= 0.6 is 0 Å². The molecule has 52 heavy (non-hydrogen) atoms. The average Bonchev–Trinajstić information content (AvgIpc) is 3.54. The molecule has 0 amide bonds. The molecule has 0 aliphatic rings. The molecule has 9 rings (SSSR count). The summed E-state index contributed by atoms with van der Waals surface area (Å²) in [5.74, 6) is 1.73. The van der Waals surface area contributed by atoms with Crippen molar-refractivity contribution < 1.29 is 0 Å². The monoisotopic (exact) mass is 665 g/mol. The molecule has 0 atom stereocenters. The molecular weight excluding hydrogens is 635 g/mol. The van der Waals surface area contributed by atoms with Crippen LogP contribution in [-0.4, -0.2) is 19.5 Å². The first-order valence-corrected chi connectivity index (χ1v) is 17.2. The Labute approximate surface area is 302 Å². The van der Waals surface area contributed by atoms with E-state index < -0.39 is 0 Å². The van der Waals surface area contributed by atoms with Crippen molar-refractivity contribution >= 4 is 27.5 Å². The van der Waals surface area contributed by atoms with Crippen LogP contribution in [0.2, 0.25) is 0 Å². The van der Waals surface area contributed by atoms with E-state index in [0.29, 0.717) is 23.2 Å². The van der Waals surface area contributed by atoms with E-state index in [1.165, 1.54) is 11.1 Å². The van der Waals surface area contributed by atoms with Crippen molar-refractivity contribution in [1.82, 2.24) is 19.5 Å². The fourth-order valence-corrected chi connectivity index (χ4v) is 7.04. The van der Waals surface area contributed by atoms with Gasteiger partial charge in [0.25, 0.3) is 0 Å². The summed E-state index contributed by atoms with van der Waals surface area (Å²) in [6.45, 7) is 10.1. The summed E-state index contributed by atoms with van der Waals surface area (Å²) < 4.78 is 2.36. The first-order chi connectivity index (χ1) is 25.6. The molecule has 2 heterocycles. The third-order valence-electron chi connectivity index (χ3n) is 9.61. The van der Waals surface area contributed by atoms with Crippen molar-refractivity contribution in [2.45, 2.75) is 6.92 Å². The largest absolute Gasteiger partial charge is 0.309 e. The first-order valence-electron chi connectivity index (χ1n) is 17.2. The molecular formula is C47H31N5. The van der Waals surface area contributed by atoms with Gasteiger partial charge in [-0.15, -0.1) is 0 Å². The molecule has 2 aromatic heterocycles. The third kappa shape index (κ3) is 5.49. The number of para-hydroxylation sites is 1. The van der Waals surface area contributed by atoms with Crippen LogP contribution < -0.4 is 0 Å². The third-order valence-corrected chi connectivity index (χ3v) is 9.61. The first kappa shape index (κ1) is 30.9. The van der Waals surface area contributed by atoms with Crippen molar-refractivity contribution in [3.05, 3.63) is 187 Å². The lowest BCUT2D eigenvalue weighted by molar-refractivity contribution is 1.07. The van der Waals surface area contributed by atoms with Gasteiger partial charge in [0.1, 0.15) is 0 Å². The van der Waals surface area contributed by atoms with E-state index in [9.17, 15) is 0 Å². The molecule has 7 aromatic carbocycles. The molecule has 0 bridgehead atoms. The van der Waals surface area contributed by atoms with Crippen molar-refractivity contribution in [3.63, 3.8) is 0 Å². The van der Waals surface area contributed by atoms with E-state index in [1.54, 1.807) is 0 Å². The minimum absolute atomic E-state index is 0.549. The average molecular weight is 666 g/mol. The zero-order valence-corrected chi connectivity index (χ0v) is 28.4. The van der Waals surface area contributed by atoms with Gasteiger partial charge in [-0.05, 0) is 71.1 Å². The smallest absolute Gasteiger partial charge is 0.187 e. The molecule has 0 spiro atoms. The fraction of sp³-hybridized carbons (Fsp3) is 0.0213. The Morgan fingerprint density at radius 1 is 0.442 bits per heavy atom. The molecule has 0 saturated carbocycles. The fourth-order valence-electron chi connectivity index (χ4n) is 7.04. The van der Waals surface area contributed by atoms with E-state index in [1.807, 2.05) is 84.9 Å². The molecule has 0 aliphatic carbocycles. The summed E-state index contributed by atoms with van der Waals surface area (Å²) in [6, 6.07) is 58.1. The topological polar surface area (TPSA) is 48.0 Å². The lowest BCUT2D eigenvalue weighted by atomic mass is 9.96. The minimum atomic E-state index is 0.549. The molecule has 5 nitrogen and oxygen atoms in total. The Balaban J connectivity index is 1.29. The standard InChI is InChI=1S/C47H31N5/c1-31-14-12-13-21-42(31)52-43-26-22-35(32-15-6-3-7-16-32)28-40(43)41-29-36(23-27-44(41)52)39-30-37(48-2)24-25-38(39)47-50-45(33-17-8-4-9-18-33)49-46(51-47)34-19-10-5-11-20-34/h3-30H,1H3. The minimum Gasteiger partial charge on any atom is -0.309 e. The van der Waals surface area contributed by atoms with Crippen molar-refractivity contribution in [3.8, 4) is 62.1 Å². The summed E-state index contributed by atoms with van der Waals surface area (Å²) in [7, 11) is 0. The van der Waals surface area contributed by atoms with Crippen LogP contribution in [0.3, 0.4) is 0 Å². The van der Waals surface area contributed by atoms with E-state index in [-0.39, 0.29) is 0 Å². The Kier molecular flexibility index (Phi) is 7.68. The molecule has 5 heteroatoms. The van der Waals surface area contributed by atoms with Gasteiger partial charge in [0, 0.05) is 33.2 Å². The van der Waals surface area contributed by atoms with E-state index in [0.717, 1.165) is 60.9 Å². The highest BCUT2D eigenvalue weighted by Crippen LogP contribution is 2.41. The van der Waals surface area contributed by atoms with Crippen LogP contribution in [0.15, 0.2) is 170 Å². The molecule has 0 radical (unpaired) electrons. The van der Waals surface area contributed by atoms with Crippen molar-refractivity contribution in [2.75, 3.05) is 0 Å². The maximum Gasteiger partial charge on any atom is 0.187 e. The van der Waals surface area contributed by atoms with Crippen LogP contribution in [0, 0.1) is 13.5 Å². The molecule has 0 unspecified atom stereocenters. The van der Waals surface area contributed by atoms with E-state index >= 15 is 0 Å². The molecule has 0 fully saturated rings. The van der Waals surface area contributed by atoms with Crippen LogP contribution in [0.5, 0.6) is 0 Å². The van der Waals surface area contributed by atoms with Gasteiger partial charge in [0.05, 0.1) is 17.6 Å². The second kappa shape index (κ2) is 12.9. The normalized spacial score (nSPS) is 11.2.